The van der Waals surface area contributed by atoms with Gasteiger partial charge in [-0.3, -0.25) is 14.2 Å². The number of carbonyl (C=O) groups is 2. The van der Waals surface area contributed by atoms with Crippen molar-refractivity contribution < 1.29 is 23.9 Å². The summed E-state index contributed by atoms with van der Waals surface area (Å²) in [6.07, 6.45) is 36.7. The second-order valence-electron chi connectivity index (χ2n) is 22.3. The fourth-order valence-corrected chi connectivity index (χ4v) is 11.7. The molecule has 4 aliphatic rings. The molecule has 19 heteroatoms. The molecule has 4 fully saturated rings. The zero-order chi connectivity index (χ0) is 55.6. The van der Waals surface area contributed by atoms with Gasteiger partial charge in [0.05, 0.1) is 24.0 Å². The Bertz CT molecular complexity index is 2770. The van der Waals surface area contributed by atoms with Crippen LogP contribution >= 0.6 is 12.4 Å². The van der Waals surface area contributed by atoms with Gasteiger partial charge in [-0.15, -0.1) is 12.4 Å². The molecule has 8 N–H and O–H groups in total. The number of aryl methyl sites for hydroxylation is 2. The van der Waals surface area contributed by atoms with Gasteiger partial charge in [0, 0.05) is 61.6 Å². The molecule has 0 amide bonds. The summed E-state index contributed by atoms with van der Waals surface area (Å²) in [6.45, 7) is 1.54. The SMILES string of the molecule is C.Cl.N=O.NOC(=O)CCCCCCCc1ccc(Nc2cc(NC3CCCCC3)c3[nH]cnc3n2)cc1.O=C(CCCCCCCc1ccc(Nc2cc(NC3CCCCC3)c3ncn(C4CCCCO4)c3n2)cc1)C1CCCCO1. The summed E-state index contributed by atoms with van der Waals surface area (Å²) in [5.41, 5.74) is 14.8. The number of benzene rings is 2. The Morgan fingerprint density at radius 2 is 1.15 bits per heavy atom. The highest BCUT2D eigenvalue weighted by Gasteiger charge is 2.24. The minimum atomic E-state index is -0.329. The number of hydrogen-bond acceptors (Lipinski definition) is 16. The Kier molecular flexibility index (Phi) is 28.3. The van der Waals surface area contributed by atoms with E-state index in [-0.39, 0.29) is 38.1 Å². The number of nitroso groups, excluding NO2 is 1. The third-order valence-corrected chi connectivity index (χ3v) is 16.2. The first kappa shape index (κ1) is 65.0. The number of anilines is 6. The number of aromatic amines is 1. The molecule has 6 heterocycles. The van der Waals surface area contributed by atoms with E-state index < -0.39 is 0 Å². The minimum absolute atomic E-state index is 0. The van der Waals surface area contributed by atoms with Crippen molar-refractivity contribution in [2.75, 3.05) is 34.5 Å². The highest BCUT2D eigenvalue weighted by molar-refractivity contribution is 5.89. The molecule has 2 saturated heterocycles. The van der Waals surface area contributed by atoms with Crippen LogP contribution in [0, 0.1) is 10.5 Å². The van der Waals surface area contributed by atoms with Gasteiger partial charge in [0.25, 0.3) is 0 Å². The Labute approximate surface area is 491 Å². The maximum atomic E-state index is 12.3. The lowest BCUT2D eigenvalue weighted by Crippen LogP contribution is -2.27. The van der Waals surface area contributed by atoms with Crippen molar-refractivity contribution >= 4 is 80.9 Å². The molecule has 2 aliphatic heterocycles. The number of rotatable bonds is 26. The molecule has 2 aromatic carbocycles. The Morgan fingerprint density at radius 1 is 0.622 bits per heavy atom. The normalized spacial score (nSPS) is 17.4. The fraction of sp³-hybridized carbons (Fsp3) is 0.587. The summed E-state index contributed by atoms with van der Waals surface area (Å²) < 4.78 is 13.9. The zero-order valence-electron chi connectivity index (χ0n) is 47.5. The van der Waals surface area contributed by atoms with Crippen LogP contribution in [0.25, 0.3) is 22.3 Å². The van der Waals surface area contributed by atoms with Crippen molar-refractivity contribution in [3.63, 3.8) is 0 Å². The van der Waals surface area contributed by atoms with E-state index in [1.165, 1.54) is 101 Å². The molecule has 2 aliphatic carbocycles. The second kappa shape index (κ2) is 35.7. The van der Waals surface area contributed by atoms with E-state index in [1.807, 2.05) is 6.33 Å². The van der Waals surface area contributed by atoms with Crippen molar-refractivity contribution in [1.82, 2.24) is 29.5 Å². The number of unbranched alkanes of at least 4 members (excludes halogenated alkanes) is 8. The first-order chi connectivity index (χ1) is 39.4. The Balaban J connectivity index is 0.000000258. The number of nitrogens with one attached hydrogen (secondary N) is 6. The van der Waals surface area contributed by atoms with Gasteiger partial charge in [0.2, 0.25) is 0 Å². The summed E-state index contributed by atoms with van der Waals surface area (Å²) in [5, 5.41) is 14.6. The molecule has 10 rings (SSSR count). The molecule has 0 spiro atoms. The van der Waals surface area contributed by atoms with Crippen molar-refractivity contribution in [2.24, 2.45) is 5.90 Å². The quantitative estimate of drug-likeness (QED) is 0.0152. The van der Waals surface area contributed by atoms with E-state index in [2.05, 4.69) is 112 Å². The van der Waals surface area contributed by atoms with Crippen molar-refractivity contribution in [3.8, 4) is 0 Å². The van der Waals surface area contributed by atoms with E-state index in [4.69, 9.17) is 30.2 Å². The number of halogens is 1. The van der Waals surface area contributed by atoms with Gasteiger partial charge in [0.15, 0.2) is 17.1 Å². The van der Waals surface area contributed by atoms with Gasteiger partial charge in [-0.1, -0.05) is 114 Å². The predicted molar refractivity (Wildman–Crippen MR) is 332 cm³/mol. The van der Waals surface area contributed by atoms with E-state index in [0.29, 0.717) is 30.7 Å². The number of ether oxygens (including phenoxy) is 2. The molecule has 2 saturated carbocycles. The fourth-order valence-electron chi connectivity index (χ4n) is 11.7. The van der Waals surface area contributed by atoms with Gasteiger partial charge in [-0.05, 0) is 138 Å². The average molecular weight is 1150 g/mol. The smallest absolute Gasteiger partial charge is 0.324 e. The number of aromatic nitrogens is 6. The molecular weight excluding hydrogens is 1060 g/mol. The average Bonchev–Trinajstić information content (AvgIpc) is 4.39. The highest BCUT2D eigenvalue weighted by atomic mass is 35.5. The summed E-state index contributed by atoms with van der Waals surface area (Å²) in [7, 11) is 0. The van der Waals surface area contributed by atoms with E-state index in [0.717, 1.165) is 160 Å². The molecular formula is C63H93ClN12O6. The van der Waals surface area contributed by atoms with Gasteiger partial charge >= 0.3 is 5.97 Å². The van der Waals surface area contributed by atoms with Crippen LogP contribution in [0.3, 0.4) is 0 Å². The summed E-state index contributed by atoms with van der Waals surface area (Å²) in [6, 6.07) is 22.5. The van der Waals surface area contributed by atoms with Crippen LogP contribution in [0.4, 0.5) is 34.4 Å². The predicted octanol–water partition coefficient (Wildman–Crippen LogP) is 15.8. The lowest BCUT2D eigenvalue weighted by Gasteiger charge is -2.25. The molecule has 4 aromatic heterocycles. The van der Waals surface area contributed by atoms with Crippen molar-refractivity contribution in [2.45, 2.75) is 224 Å². The number of ketones is 1. The first-order valence-electron chi connectivity index (χ1n) is 30.3. The van der Waals surface area contributed by atoms with Crippen LogP contribution in [0.2, 0.25) is 0 Å². The van der Waals surface area contributed by atoms with Crippen LogP contribution in [0.5, 0.6) is 0 Å². The lowest BCUT2D eigenvalue weighted by molar-refractivity contribution is -0.144. The van der Waals surface area contributed by atoms with E-state index >= 15 is 0 Å². The molecule has 18 nitrogen and oxygen atoms in total. The highest BCUT2D eigenvalue weighted by Crippen LogP contribution is 2.34. The van der Waals surface area contributed by atoms with Gasteiger partial charge < -0.3 is 40.6 Å². The summed E-state index contributed by atoms with van der Waals surface area (Å²) in [4.78, 5) is 57.1. The van der Waals surface area contributed by atoms with Crippen LogP contribution in [0.15, 0.2) is 73.3 Å². The molecule has 0 bridgehead atoms. The number of fused-ring (bicyclic) bond motifs is 2. The molecule has 82 heavy (non-hydrogen) atoms. The summed E-state index contributed by atoms with van der Waals surface area (Å²) >= 11 is 0. The molecule has 0 radical (unpaired) electrons. The van der Waals surface area contributed by atoms with E-state index in [1.54, 1.807) is 6.33 Å². The van der Waals surface area contributed by atoms with Crippen LogP contribution in [0.1, 0.15) is 205 Å². The van der Waals surface area contributed by atoms with Gasteiger partial charge in [-0.25, -0.2) is 19.9 Å². The number of nitrogens with two attached hydrogens (primary N) is 1. The van der Waals surface area contributed by atoms with Crippen molar-refractivity contribution in [1.29, 1.82) is 5.59 Å². The van der Waals surface area contributed by atoms with E-state index in [9.17, 15) is 9.59 Å². The third-order valence-electron chi connectivity index (χ3n) is 16.2. The number of Topliss-reactive ketones (excluding diaryl/α,β-unsaturated/α-hetero) is 1. The zero-order valence-corrected chi connectivity index (χ0v) is 48.4. The minimum Gasteiger partial charge on any atom is -0.380 e. The number of H-pyrrole nitrogens is 1. The molecule has 2 atom stereocenters. The number of imidazole rings is 2. The standard InChI is InChI=1S/C36H51N5O3.C26H36N6O2.CH4.ClH.HNO/c42-31(32-17-9-11-23-43-32)16-8-3-1-2-5-13-27-19-21-29(22-20-27)39-33-25-30(38-28-14-6-4-7-15-28)35-36(40-33)41(26-37-35)34-18-10-12-24-44-34;27-34-24(33)12-8-3-1-2-5-9-19-13-15-21(16-14-19)31-23-17-22(25-26(32-23)29-18-28-25)30-20-10-6-4-7-11-20;;;1-2/h19-22,25-26,28,32,34H,1-18,23-24H2,(H2,38,39,40);13-18,20H,1-12,27H2,(H3,28,29,30,31,32);1H4;1H;1H. The first-order valence-corrected chi connectivity index (χ1v) is 30.3. The number of carbonyl (C=O) groups excluding carboxylic acids is 2. The molecule has 2 unspecified atom stereocenters. The van der Waals surface area contributed by atoms with Crippen LogP contribution in [-0.4, -0.2) is 72.6 Å². The maximum Gasteiger partial charge on any atom is 0.324 e. The number of nitrogens with zero attached hydrogens (tertiary/aromatic N) is 5. The second-order valence-corrected chi connectivity index (χ2v) is 22.3. The third kappa shape index (κ3) is 20.3. The Morgan fingerprint density at radius 3 is 1.72 bits per heavy atom. The lowest BCUT2D eigenvalue weighted by atomic mass is 9.95. The van der Waals surface area contributed by atoms with Gasteiger partial charge in [0.1, 0.15) is 35.0 Å². The monoisotopic (exact) mass is 1150 g/mol. The number of pyridine rings is 2. The van der Waals surface area contributed by atoms with Crippen LogP contribution < -0.4 is 27.2 Å². The van der Waals surface area contributed by atoms with Crippen LogP contribution in [-0.2, 0) is 36.7 Å². The molecule has 448 valence electrons. The number of hydrogen-bond donors (Lipinski definition) is 7. The largest absolute Gasteiger partial charge is 0.380 e. The topological polar surface area (TPSA) is 249 Å². The summed E-state index contributed by atoms with van der Waals surface area (Å²) in [5.74, 6) is 6.46. The Hall–Kier alpha value is -6.21. The van der Waals surface area contributed by atoms with Gasteiger partial charge in [-0.2, -0.15) is 10.8 Å². The maximum absolute atomic E-state index is 12.3. The van der Waals surface area contributed by atoms with Crippen molar-refractivity contribution in [3.05, 3.63) is 89.4 Å². The molecule has 6 aromatic rings.